The van der Waals surface area contributed by atoms with Gasteiger partial charge in [0.25, 0.3) is 0 Å². The molecule has 1 aliphatic heterocycles. The fourth-order valence-electron chi connectivity index (χ4n) is 3.70. The standard InChI is InChI=1S/C26H21NO2/c1-2-8-19(9-3-1)24-18-27-26-21-11-7-13-23(17-21)29-15-5-4-14-28-22-12-6-10-20(16-22)25(24)26/h1-13,16-18,27H,14-15H2/b5-4-. The lowest BCUT2D eigenvalue weighted by molar-refractivity contribution is 0.350. The van der Waals surface area contributed by atoms with E-state index in [1.807, 2.05) is 42.5 Å². The third kappa shape index (κ3) is 3.55. The van der Waals surface area contributed by atoms with E-state index in [4.69, 9.17) is 9.47 Å². The van der Waals surface area contributed by atoms with Crippen molar-refractivity contribution in [3.8, 4) is 45.0 Å². The van der Waals surface area contributed by atoms with Crippen molar-refractivity contribution in [1.29, 1.82) is 0 Å². The lowest BCUT2D eigenvalue weighted by atomic mass is 9.94. The zero-order chi connectivity index (χ0) is 19.5. The van der Waals surface area contributed by atoms with Crippen LogP contribution >= 0.6 is 0 Å². The zero-order valence-electron chi connectivity index (χ0n) is 16.0. The molecule has 0 saturated carbocycles. The smallest absolute Gasteiger partial charge is 0.120 e. The van der Waals surface area contributed by atoms with Gasteiger partial charge in [-0.15, -0.1) is 0 Å². The Hall–Kier alpha value is -3.72. The minimum absolute atomic E-state index is 0.512. The maximum absolute atomic E-state index is 5.93. The van der Waals surface area contributed by atoms with Crippen LogP contribution in [0.3, 0.4) is 0 Å². The van der Waals surface area contributed by atoms with Gasteiger partial charge in [0, 0.05) is 22.9 Å². The topological polar surface area (TPSA) is 34.2 Å². The van der Waals surface area contributed by atoms with Gasteiger partial charge in [0.2, 0.25) is 0 Å². The number of hydrogen-bond donors (Lipinski definition) is 1. The molecular weight excluding hydrogens is 358 g/mol. The van der Waals surface area contributed by atoms with Crippen LogP contribution in [-0.4, -0.2) is 18.2 Å². The fraction of sp³-hybridized carbons (Fsp3) is 0.0769. The van der Waals surface area contributed by atoms with Crippen LogP contribution in [0, 0.1) is 0 Å². The van der Waals surface area contributed by atoms with E-state index in [-0.39, 0.29) is 0 Å². The van der Waals surface area contributed by atoms with Crippen molar-refractivity contribution in [3.63, 3.8) is 0 Å². The van der Waals surface area contributed by atoms with Gasteiger partial charge in [-0.05, 0) is 47.5 Å². The van der Waals surface area contributed by atoms with E-state index >= 15 is 0 Å². The molecule has 0 saturated heterocycles. The highest BCUT2D eigenvalue weighted by atomic mass is 16.5. The summed E-state index contributed by atoms with van der Waals surface area (Å²) in [6, 6.07) is 27.0. The Morgan fingerprint density at radius 2 is 1.24 bits per heavy atom. The Kier molecular flexibility index (Phi) is 4.63. The first kappa shape index (κ1) is 17.4. The molecule has 1 N–H and O–H groups in total. The molecule has 3 heteroatoms. The van der Waals surface area contributed by atoms with Crippen LogP contribution in [0.25, 0.3) is 33.5 Å². The quantitative estimate of drug-likeness (QED) is 0.391. The van der Waals surface area contributed by atoms with Gasteiger partial charge < -0.3 is 14.5 Å². The molecule has 4 aromatic rings. The Morgan fingerprint density at radius 1 is 0.621 bits per heavy atom. The summed E-state index contributed by atoms with van der Waals surface area (Å²) in [5.74, 6) is 1.70. The molecule has 1 aromatic heterocycles. The van der Waals surface area contributed by atoms with Gasteiger partial charge in [0.15, 0.2) is 0 Å². The zero-order valence-corrected chi connectivity index (χ0v) is 16.0. The summed E-state index contributed by atoms with van der Waals surface area (Å²) in [7, 11) is 0. The summed E-state index contributed by atoms with van der Waals surface area (Å²) >= 11 is 0. The van der Waals surface area contributed by atoms with Crippen molar-refractivity contribution in [2.75, 3.05) is 13.2 Å². The van der Waals surface area contributed by atoms with Gasteiger partial charge >= 0.3 is 0 Å². The van der Waals surface area contributed by atoms with Crippen LogP contribution in [0.15, 0.2) is 97.2 Å². The lowest BCUT2D eigenvalue weighted by Gasteiger charge is -2.12. The molecular formula is C26H21NO2. The number of aromatic nitrogens is 1. The second-order valence-electron chi connectivity index (χ2n) is 6.97. The van der Waals surface area contributed by atoms with E-state index in [2.05, 4.69) is 59.7 Å². The largest absolute Gasteiger partial charge is 0.490 e. The molecule has 4 bridgehead atoms. The number of aromatic amines is 1. The molecule has 29 heavy (non-hydrogen) atoms. The summed E-state index contributed by atoms with van der Waals surface area (Å²) in [6.07, 6.45) is 6.05. The third-order valence-corrected chi connectivity index (χ3v) is 5.07. The normalized spacial score (nSPS) is 14.1. The number of ether oxygens (including phenoxy) is 2. The molecule has 0 radical (unpaired) electrons. The predicted molar refractivity (Wildman–Crippen MR) is 117 cm³/mol. The van der Waals surface area contributed by atoms with Crippen molar-refractivity contribution in [2.45, 2.75) is 0 Å². The van der Waals surface area contributed by atoms with Gasteiger partial charge in [-0.3, -0.25) is 0 Å². The van der Waals surface area contributed by atoms with E-state index in [1.165, 1.54) is 5.56 Å². The minimum atomic E-state index is 0.512. The van der Waals surface area contributed by atoms with Crippen LogP contribution in [0.4, 0.5) is 0 Å². The highest BCUT2D eigenvalue weighted by molar-refractivity contribution is 5.94. The molecule has 0 fully saturated rings. The second-order valence-corrected chi connectivity index (χ2v) is 6.97. The molecule has 0 atom stereocenters. The lowest BCUT2D eigenvalue weighted by Crippen LogP contribution is -1.98. The molecule has 3 nitrogen and oxygen atoms in total. The molecule has 3 aromatic carbocycles. The Labute approximate surface area is 170 Å². The van der Waals surface area contributed by atoms with Crippen LogP contribution in [-0.2, 0) is 0 Å². The summed E-state index contributed by atoms with van der Waals surface area (Å²) in [5, 5.41) is 0. The van der Waals surface area contributed by atoms with Crippen LogP contribution in [0.5, 0.6) is 11.5 Å². The molecule has 1 aliphatic rings. The second kappa shape index (κ2) is 7.72. The Balaban J connectivity index is 1.75. The average molecular weight is 379 g/mol. The monoisotopic (exact) mass is 379 g/mol. The van der Waals surface area contributed by atoms with E-state index in [0.717, 1.165) is 39.4 Å². The van der Waals surface area contributed by atoms with E-state index in [9.17, 15) is 0 Å². The molecule has 5 rings (SSSR count). The van der Waals surface area contributed by atoms with Crippen molar-refractivity contribution in [1.82, 2.24) is 4.98 Å². The van der Waals surface area contributed by atoms with Gasteiger partial charge in [0.1, 0.15) is 24.7 Å². The van der Waals surface area contributed by atoms with Crippen LogP contribution in [0.1, 0.15) is 0 Å². The van der Waals surface area contributed by atoms with Crippen molar-refractivity contribution < 1.29 is 9.47 Å². The van der Waals surface area contributed by atoms with Crippen LogP contribution < -0.4 is 9.47 Å². The number of H-pyrrole nitrogens is 1. The van der Waals surface area contributed by atoms with E-state index in [0.29, 0.717) is 13.2 Å². The molecule has 0 unspecified atom stereocenters. The number of hydrogen-bond acceptors (Lipinski definition) is 2. The third-order valence-electron chi connectivity index (χ3n) is 5.07. The highest BCUT2D eigenvalue weighted by Crippen LogP contribution is 2.41. The highest BCUT2D eigenvalue weighted by Gasteiger charge is 2.17. The summed E-state index contributed by atoms with van der Waals surface area (Å²) < 4.78 is 11.8. The maximum Gasteiger partial charge on any atom is 0.120 e. The Bertz CT molecular complexity index is 1160. The van der Waals surface area contributed by atoms with Crippen molar-refractivity contribution in [2.24, 2.45) is 0 Å². The summed E-state index contributed by atoms with van der Waals surface area (Å²) in [6.45, 7) is 1.03. The summed E-state index contributed by atoms with van der Waals surface area (Å²) in [5.41, 5.74) is 6.77. The fourth-order valence-corrected chi connectivity index (χ4v) is 3.70. The molecule has 142 valence electrons. The number of fused-ring (bicyclic) bond motifs is 7. The average Bonchev–Trinajstić information content (AvgIpc) is 3.22. The van der Waals surface area contributed by atoms with E-state index in [1.54, 1.807) is 0 Å². The van der Waals surface area contributed by atoms with Gasteiger partial charge in [-0.2, -0.15) is 0 Å². The molecule has 0 aliphatic carbocycles. The first-order valence-electron chi connectivity index (χ1n) is 9.77. The van der Waals surface area contributed by atoms with Crippen molar-refractivity contribution >= 4 is 0 Å². The maximum atomic E-state index is 5.93. The molecule has 0 amide bonds. The summed E-state index contributed by atoms with van der Waals surface area (Å²) in [4.78, 5) is 3.51. The van der Waals surface area contributed by atoms with Gasteiger partial charge in [-0.1, -0.05) is 54.6 Å². The number of benzene rings is 3. The molecule has 2 heterocycles. The predicted octanol–water partition coefficient (Wildman–Crippen LogP) is 6.34. The first-order chi connectivity index (χ1) is 14.4. The SMILES string of the molecule is C1=C\COc2cccc(c2)-c2c(-c3ccccc3)c[nH]c2-c2cccc(c2)OC/1. The van der Waals surface area contributed by atoms with E-state index < -0.39 is 0 Å². The van der Waals surface area contributed by atoms with Crippen molar-refractivity contribution in [3.05, 3.63) is 97.2 Å². The number of rotatable bonds is 1. The van der Waals surface area contributed by atoms with Crippen LogP contribution in [0.2, 0.25) is 0 Å². The minimum Gasteiger partial charge on any atom is -0.490 e. The Morgan fingerprint density at radius 3 is 1.97 bits per heavy atom. The van der Waals surface area contributed by atoms with Gasteiger partial charge in [-0.25, -0.2) is 0 Å². The molecule has 0 spiro atoms. The first-order valence-corrected chi connectivity index (χ1v) is 9.77. The number of nitrogens with one attached hydrogen (secondary N) is 1. The van der Waals surface area contributed by atoms with Gasteiger partial charge in [0.05, 0.1) is 5.69 Å².